The molecule has 0 aliphatic carbocycles. The zero-order valence-corrected chi connectivity index (χ0v) is 10.5. The molecule has 1 N–H and O–H groups in total. The molecule has 1 aliphatic heterocycles. The van der Waals surface area contributed by atoms with Gasteiger partial charge in [-0.25, -0.2) is 0 Å². The summed E-state index contributed by atoms with van der Waals surface area (Å²) in [7, 11) is 0. The molecule has 0 aromatic heterocycles. The number of ether oxygens (including phenoxy) is 1. The Labute approximate surface area is 98.4 Å². The van der Waals surface area contributed by atoms with E-state index in [-0.39, 0.29) is 5.60 Å². The molecule has 0 fully saturated rings. The Morgan fingerprint density at radius 1 is 1.60 bits per heavy atom. The topological polar surface area (TPSA) is 29.5 Å². The minimum atomic E-state index is -0.410. The lowest BCUT2D eigenvalue weighted by atomic mass is 9.88. The number of halogens is 1. The predicted octanol–water partition coefficient (Wildman–Crippen LogP) is 3.43. The molecular weight excluding hydrogens is 256 g/mol. The van der Waals surface area contributed by atoms with E-state index in [1.54, 1.807) is 0 Å². The molecule has 82 valence electrons. The fraction of sp³-hybridized carbons (Fsp3) is 0.500. The van der Waals surface area contributed by atoms with E-state index >= 15 is 0 Å². The first-order valence-electron chi connectivity index (χ1n) is 5.20. The molecule has 1 aromatic carbocycles. The van der Waals surface area contributed by atoms with Gasteiger partial charge in [0.2, 0.25) is 0 Å². The zero-order chi connectivity index (χ0) is 11.1. The van der Waals surface area contributed by atoms with Crippen molar-refractivity contribution in [3.8, 4) is 5.75 Å². The van der Waals surface area contributed by atoms with Crippen LogP contribution in [0.3, 0.4) is 0 Å². The highest BCUT2D eigenvalue weighted by atomic mass is 79.9. The average molecular weight is 271 g/mol. The molecule has 1 aliphatic rings. The van der Waals surface area contributed by atoms with Crippen LogP contribution in [0.4, 0.5) is 0 Å². The Morgan fingerprint density at radius 3 is 3.00 bits per heavy atom. The second kappa shape index (κ2) is 3.80. The first-order chi connectivity index (χ1) is 7.04. The lowest BCUT2D eigenvalue weighted by molar-refractivity contribution is -0.00382. The minimum absolute atomic E-state index is 0.243. The average Bonchev–Trinajstić information content (AvgIpc) is 2.16. The highest BCUT2D eigenvalue weighted by molar-refractivity contribution is 9.10. The van der Waals surface area contributed by atoms with Gasteiger partial charge in [0.05, 0.1) is 6.10 Å². The Hall–Kier alpha value is -0.540. The van der Waals surface area contributed by atoms with E-state index in [1.807, 2.05) is 25.1 Å². The largest absolute Gasteiger partial charge is 0.487 e. The number of hydrogen-bond donors (Lipinski definition) is 1. The van der Waals surface area contributed by atoms with Crippen molar-refractivity contribution in [3.63, 3.8) is 0 Å². The van der Waals surface area contributed by atoms with E-state index in [1.165, 1.54) is 0 Å². The van der Waals surface area contributed by atoms with Crippen molar-refractivity contribution in [2.45, 2.75) is 38.4 Å². The Bertz CT molecular complexity index is 378. The molecule has 0 spiro atoms. The van der Waals surface area contributed by atoms with Crippen LogP contribution in [0, 0.1) is 0 Å². The lowest BCUT2D eigenvalue weighted by Crippen LogP contribution is -2.37. The van der Waals surface area contributed by atoms with Crippen molar-refractivity contribution in [3.05, 3.63) is 28.2 Å². The van der Waals surface area contributed by atoms with Crippen LogP contribution in [0.2, 0.25) is 0 Å². The summed E-state index contributed by atoms with van der Waals surface area (Å²) in [5.41, 5.74) is 0.650. The van der Waals surface area contributed by atoms with Gasteiger partial charge in [-0.3, -0.25) is 0 Å². The van der Waals surface area contributed by atoms with Gasteiger partial charge in [0, 0.05) is 16.5 Å². The predicted molar refractivity (Wildman–Crippen MR) is 63.0 cm³/mol. The maximum absolute atomic E-state index is 10.0. The van der Waals surface area contributed by atoms with Crippen molar-refractivity contribution >= 4 is 15.9 Å². The highest BCUT2D eigenvalue weighted by Crippen LogP contribution is 2.41. The molecule has 0 saturated heterocycles. The summed E-state index contributed by atoms with van der Waals surface area (Å²) in [6.45, 7) is 4.12. The first-order valence-corrected chi connectivity index (χ1v) is 6.00. The maximum Gasteiger partial charge on any atom is 0.127 e. The molecular formula is C12H15BrO2. The smallest absolute Gasteiger partial charge is 0.127 e. The van der Waals surface area contributed by atoms with Crippen molar-refractivity contribution < 1.29 is 9.84 Å². The molecule has 2 nitrogen and oxygen atoms in total. The van der Waals surface area contributed by atoms with Crippen LogP contribution in [0.1, 0.15) is 38.4 Å². The second-order valence-corrected chi connectivity index (χ2v) is 5.22. The molecule has 15 heavy (non-hydrogen) atoms. The maximum atomic E-state index is 10.0. The highest BCUT2D eigenvalue weighted by Gasteiger charge is 2.34. The van der Waals surface area contributed by atoms with Crippen LogP contribution >= 0.6 is 15.9 Å². The summed E-state index contributed by atoms with van der Waals surface area (Å²) >= 11 is 3.41. The second-order valence-electron chi connectivity index (χ2n) is 4.31. The van der Waals surface area contributed by atoms with Crippen LogP contribution in [-0.2, 0) is 0 Å². The molecule has 0 amide bonds. The van der Waals surface area contributed by atoms with E-state index in [4.69, 9.17) is 4.74 Å². The van der Waals surface area contributed by atoms with E-state index in [9.17, 15) is 5.11 Å². The summed E-state index contributed by atoms with van der Waals surface area (Å²) in [5, 5.41) is 10.0. The van der Waals surface area contributed by atoms with E-state index in [0.717, 1.165) is 22.2 Å². The minimum Gasteiger partial charge on any atom is -0.487 e. The molecule has 0 saturated carbocycles. The van der Waals surface area contributed by atoms with Crippen LogP contribution in [0.25, 0.3) is 0 Å². The van der Waals surface area contributed by atoms with Gasteiger partial charge < -0.3 is 9.84 Å². The number of aliphatic hydroxyl groups is 1. The zero-order valence-electron chi connectivity index (χ0n) is 8.96. The summed E-state index contributed by atoms with van der Waals surface area (Å²) in [4.78, 5) is 0. The van der Waals surface area contributed by atoms with Crippen LogP contribution < -0.4 is 4.74 Å². The molecule has 1 heterocycles. The van der Waals surface area contributed by atoms with Gasteiger partial charge in [0.25, 0.3) is 0 Å². The van der Waals surface area contributed by atoms with Gasteiger partial charge >= 0.3 is 0 Å². The van der Waals surface area contributed by atoms with Crippen LogP contribution in [-0.4, -0.2) is 10.7 Å². The van der Waals surface area contributed by atoms with E-state index in [2.05, 4.69) is 22.9 Å². The van der Waals surface area contributed by atoms with Gasteiger partial charge in [-0.05, 0) is 25.5 Å². The van der Waals surface area contributed by atoms with Gasteiger partial charge in [0.15, 0.2) is 0 Å². The molecule has 3 heteroatoms. The van der Waals surface area contributed by atoms with Crippen LogP contribution in [0.15, 0.2) is 22.7 Å². The number of benzene rings is 1. The summed E-state index contributed by atoms with van der Waals surface area (Å²) in [6.07, 6.45) is 1.15. The molecule has 2 rings (SSSR count). The van der Waals surface area contributed by atoms with E-state index < -0.39 is 6.10 Å². The molecule has 2 atom stereocenters. The Morgan fingerprint density at radius 2 is 2.33 bits per heavy atom. The molecule has 1 unspecified atom stereocenters. The molecule has 1 aromatic rings. The van der Waals surface area contributed by atoms with Gasteiger partial charge in [-0.2, -0.15) is 0 Å². The summed E-state index contributed by atoms with van der Waals surface area (Å²) < 4.78 is 6.91. The lowest BCUT2D eigenvalue weighted by Gasteiger charge is -2.37. The number of fused-ring (bicyclic) bond motifs is 1. The fourth-order valence-electron chi connectivity index (χ4n) is 1.91. The van der Waals surface area contributed by atoms with Crippen molar-refractivity contribution in [1.82, 2.24) is 0 Å². The summed E-state index contributed by atoms with van der Waals surface area (Å²) in [6, 6.07) is 5.77. The SMILES string of the molecule is CCC1(C)C[C@H](O)c2ccc(Br)cc2O1. The van der Waals surface area contributed by atoms with Crippen molar-refractivity contribution in [2.75, 3.05) is 0 Å². The van der Waals surface area contributed by atoms with Crippen LogP contribution in [0.5, 0.6) is 5.75 Å². The third-order valence-electron chi connectivity index (χ3n) is 3.06. The normalized spacial score (nSPS) is 29.5. The van der Waals surface area contributed by atoms with Gasteiger partial charge in [-0.1, -0.05) is 28.9 Å². The number of aliphatic hydroxyl groups excluding tert-OH is 1. The third-order valence-corrected chi connectivity index (χ3v) is 3.56. The van der Waals surface area contributed by atoms with Crippen molar-refractivity contribution in [2.24, 2.45) is 0 Å². The monoisotopic (exact) mass is 270 g/mol. The fourth-order valence-corrected chi connectivity index (χ4v) is 2.25. The molecule has 0 bridgehead atoms. The summed E-state index contributed by atoms with van der Waals surface area (Å²) in [5.74, 6) is 0.799. The Balaban J connectivity index is 2.41. The van der Waals surface area contributed by atoms with Gasteiger partial charge in [0.1, 0.15) is 11.4 Å². The van der Waals surface area contributed by atoms with Gasteiger partial charge in [-0.15, -0.1) is 0 Å². The van der Waals surface area contributed by atoms with Crippen molar-refractivity contribution in [1.29, 1.82) is 0 Å². The standard InChI is InChI=1S/C12H15BrO2/c1-3-12(2)7-10(14)9-5-4-8(13)6-11(9)15-12/h4-6,10,14H,3,7H2,1-2H3/t10-,12?/m0/s1. The Kier molecular flexibility index (Phi) is 2.77. The number of hydrogen-bond acceptors (Lipinski definition) is 2. The molecule has 0 radical (unpaired) electrons. The first kappa shape index (κ1) is 11.0. The number of rotatable bonds is 1. The van der Waals surface area contributed by atoms with E-state index in [0.29, 0.717) is 6.42 Å². The quantitative estimate of drug-likeness (QED) is 0.847. The third kappa shape index (κ3) is 2.04.